The first-order valence-corrected chi connectivity index (χ1v) is 4.33. The molecule has 2 heterocycles. The molecule has 0 amide bonds. The van der Waals surface area contributed by atoms with Crippen molar-refractivity contribution in [3.8, 4) is 11.9 Å². The zero-order valence-corrected chi connectivity index (χ0v) is 8.20. The lowest BCUT2D eigenvalue weighted by atomic mass is 10.2. The van der Waals surface area contributed by atoms with Gasteiger partial charge in [0.05, 0.1) is 6.20 Å². The Labute approximate surface area is 93.8 Å². The number of nitrogens with zero attached hydrogens (tertiary/aromatic N) is 5. The highest BCUT2D eigenvalue weighted by molar-refractivity contribution is 5.90. The van der Waals surface area contributed by atoms with E-state index in [4.69, 9.17) is 10.4 Å². The lowest BCUT2D eigenvalue weighted by molar-refractivity contribution is 0.0695. The smallest absolute Gasteiger partial charge is 0.339 e. The van der Waals surface area contributed by atoms with E-state index in [-0.39, 0.29) is 17.2 Å². The number of hydrogen-bond acceptors (Lipinski definition) is 5. The summed E-state index contributed by atoms with van der Waals surface area (Å²) in [5.74, 6) is -2.35. The fourth-order valence-electron chi connectivity index (χ4n) is 1.19. The number of aromatic nitrogens is 4. The van der Waals surface area contributed by atoms with Crippen LogP contribution in [0.1, 0.15) is 16.2 Å². The van der Waals surface area contributed by atoms with Gasteiger partial charge in [0.1, 0.15) is 23.8 Å². The predicted octanol–water partition coefficient (Wildman–Crippen LogP) is 0.371. The van der Waals surface area contributed by atoms with Crippen LogP contribution in [0.5, 0.6) is 0 Å². The van der Waals surface area contributed by atoms with Crippen LogP contribution in [0.25, 0.3) is 5.82 Å². The van der Waals surface area contributed by atoms with Gasteiger partial charge >= 0.3 is 5.97 Å². The molecule has 0 fully saturated rings. The van der Waals surface area contributed by atoms with Crippen molar-refractivity contribution in [3.63, 3.8) is 0 Å². The Morgan fingerprint density at radius 3 is 2.88 bits per heavy atom. The van der Waals surface area contributed by atoms with Gasteiger partial charge in [-0.05, 0) is 6.07 Å². The molecule has 8 heteroatoms. The van der Waals surface area contributed by atoms with E-state index < -0.39 is 11.8 Å². The first kappa shape index (κ1) is 10.7. The van der Waals surface area contributed by atoms with E-state index >= 15 is 0 Å². The normalized spacial score (nSPS) is 9.88. The van der Waals surface area contributed by atoms with E-state index in [1.165, 1.54) is 0 Å². The van der Waals surface area contributed by atoms with Gasteiger partial charge in [-0.3, -0.25) is 0 Å². The lowest BCUT2D eigenvalue weighted by Crippen LogP contribution is -2.09. The Bertz CT molecular complexity index is 631. The minimum atomic E-state index is -1.35. The third kappa shape index (κ3) is 1.93. The van der Waals surface area contributed by atoms with E-state index in [0.29, 0.717) is 0 Å². The van der Waals surface area contributed by atoms with Gasteiger partial charge in [-0.15, -0.1) is 5.10 Å². The SMILES string of the molecule is N#Cc1ncn(-c2ncc(F)cc2C(=O)O)n1. The summed E-state index contributed by atoms with van der Waals surface area (Å²) >= 11 is 0. The van der Waals surface area contributed by atoms with Gasteiger partial charge in [0, 0.05) is 0 Å². The van der Waals surface area contributed by atoms with E-state index in [1.807, 2.05) is 0 Å². The average Bonchev–Trinajstić information content (AvgIpc) is 2.77. The topological polar surface area (TPSA) is 105 Å². The largest absolute Gasteiger partial charge is 0.478 e. The molecule has 2 rings (SSSR count). The third-order valence-electron chi connectivity index (χ3n) is 1.87. The second-order valence-electron chi connectivity index (χ2n) is 2.95. The van der Waals surface area contributed by atoms with Crippen molar-refractivity contribution in [2.24, 2.45) is 0 Å². The molecule has 0 saturated carbocycles. The Balaban J connectivity index is 2.59. The van der Waals surface area contributed by atoms with Crippen molar-refractivity contribution in [2.75, 3.05) is 0 Å². The van der Waals surface area contributed by atoms with Crippen LogP contribution in [-0.4, -0.2) is 30.8 Å². The molecule has 0 atom stereocenters. The highest BCUT2D eigenvalue weighted by atomic mass is 19.1. The Morgan fingerprint density at radius 1 is 1.53 bits per heavy atom. The maximum atomic E-state index is 12.9. The zero-order chi connectivity index (χ0) is 12.4. The minimum Gasteiger partial charge on any atom is -0.478 e. The van der Waals surface area contributed by atoms with Gasteiger partial charge in [-0.25, -0.2) is 23.8 Å². The maximum Gasteiger partial charge on any atom is 0.339 e. The van der Waals surface area contributed by atoms with E-state index in [0.717, 1.165) is 23.3 Å². The van der Waals surface area contributed by atoms with E-state index in [2.05, 4.69) is 15.1 Å². The molecule has 2 aromatic heterocycles. The number of hydrogen-bond donors (Lipinski definition) is 1. The monoisotopic (exact) mass is 233 g/mol. The van der Waals surface area contributed by atoms with Crippen molar-refractivity contribution in [1.82, 2.24) is 19.7 Å². The summed E-state index contributed by atoms with van der Waals surface area (Å²) in [7, 11) is 0. The van der Waals surface area contributed by atoms with Crippen LogP contribution in [0.4, 0.5) is 4.39 Å². The van der Waals surface area contributed by atoms with Crippen molar-refractivity contribution in [3.05, 3.63) is 35.8 Å². The zero-order valence-electron chi connectivity index (χ0n) is 8.20. The van der Waals surface area contributed by atoms with Crippen LogP contribution < -0.4 is 0 Å². The summed E-state index contributed by atoms with van der Waals surface area (Å²) in [5, 5.41) is 21.1. The standard InChI is InChI=1S/C9H4FN5O2/c10-5-1-6(9(16)17)8(12-3-5)15-4-13-7(2-11)14-15/h1,3-4H,(H,16,17). The summed E-state index contributed by atoms with van der Waals surface area (Å²) in [5.41, 5.74) is -0.362. The number of carboxylic acids is 1. The van der Waals surface area contributed by atoms with Gasteiger partial charge in [0.25, 0.3) is 5.82 Å². The summed E-state index contributed by atoms with van der Waals surface area (Å²) < 4.78 is 13.9. The van der Waals surface area contributed by atoms with Crippen molar-refractivity contribution >= 4 is 5.97 Å². The number of aromatic carboxylic acids is 1. The quantitative estimate of drug-likeness (QED) is 0.803. The average molecular weight is 233 g/mol. The number of pyridine rings is 1. The predicted molar refractivity (Wildman–Crippen MR) is 50.8 cm³/mol. The van der Waals surface area contributed by atoms with Crippen LogP contribution in [0, 0.1) is 17.1 Å². The van der Waals surface area contributed by atoms with Crippen LogP contribution in [0.3, 0.4) is 0 Å². The molecule has 0 aliphatic rings. The molecule has 2 aromatic rings. The van der Waals surface area contributed by atoms with Gasteiger partial charge in [-0.2, -0.15) is 5.26 Å². The number of carbonyl (C=O) groups is 1. The first-order chi connectivity index (χ1) is 8.11. The second-order valence-corrected chi connectivity index (χ2v) is 2.95. The Hall–Kier alpha value is -2.82. The molecule has 0 aliphatic carbocycles. The summed E-state index contributed by atoms with van der Waals surface area (Å²) in [6.07, 6.45) is 1.99. The van der Waals surface area contributed by atoms with Crippen LogP contribution >= 0.6 is 0 Å². The van der Waals surface area contributed by atoms with Crippen LogP contribution in [0.2, 0.25) is 0 Å². The number of rotatable bonds is 2. The first-order valence-electron chi connectivity index (χ1n) is 4.33. The van der Waals surface area contributed by atoms with Crippen molar-refractivity contribution < 1.29 is 14.3 Å². The summed E-state index contributed by atoms with van der Waals surface area (Å²) in [6, 6.07) is 2.50. The van der Waals surface area contributed by atoms with Gasteiger partial charge in [-0.1, -0.05) is 0 Å². The third-order valence-corrected chi connectivity index (χ3v) is 1.87. The molecular weight excluding hydrogens is 229 g/mol. The highest BCUT2D eigenvalue weighted by Crippen LogP contribution is 2.12. The highest BCUT2D eigenvalue weighted by Gasteiger charge is 2.15. The lowest BCUT2D eigenvalue weighted by Gasteiger charge is -2.03. The molecule has 0 aliphatic heterocycles. The molecule has 0 bridgehead atoms. The fourth-order valence-corrected chi connectivity index (χ4v) is 1.19. The number of halogens is 1. The molecule has 0 radical (unpaired) electrons. The molecule has 0 spiro atoms. The fraction of sp³-hybridized carbons (Fsp3) is 0. The molecule has 0 saturated heterocycles. The summed E-state index contributed by atoms with van der Waals surface area (Å²) in [4.78, 5) is 18.1. The maximum absolute atomic E-state index is 12.9. The Kier molecular flexibility index (Phi) is 2.50. The minimum absolute atomic E-state index is 0.104. The molecule has 84 valence electrons. The van der Waals surface area contributed by atoms with Crippen LogP contribution in [0.15, 0.2) is 18.6 Å². The van der Waals surface area contributed by atoms with Crippen molar-refractivity contribution in [2.45, 2.75) is 0 Å². The molecular formula is C9H4FN5O2. The molecule has 7 nitrogen and oxygen atoms in total. The van der Waals surface area contributed by atoms with E-state index in [9.17, 15) is 9.18 Å². The molecule has 0 aromatic carbocycles. The van der Waals surface area contributed by atoms with Gasteiger partial charge < -0.3 is 5.11 Å². The van der Waals surface area contributed by atoms with E-state index in [1.54, 1.807) is 6.07 Å². The van der Waals surface area contributed by atoms with Gasteiger partial charge in [0.2, 0.25) is 0 Å². The van der Waals surface area contributed by atoms with Gasteiger partial charge in [0.15, 0.2) is 5.82 Å². The molecule has 17 heavy (non-hydrogen) atoms. The molecule has 1 N–H and O–H groups in total. The molecule has 0 unspecified atom stereocenters. The van der Waals surface area contributed by atoms with Crippen molar-refractivity contribution in [1.29, 1.82) is 5.26 Å². The Morgan fingerprint density at radius 2 is 2.29 bits per heavy atom. The number of carboxylic acid groups (broad SMARTS) is 1. The van der Waals surface area contributed by atoms with Crippen LogP contribution in [-0.2, 0) is 0 Å². The second kappa shape index (κ2) is 3.97. The summed E-state index contributed by atoms with van der Waals surface area (Å²) in [6.45, 7) is 0. The number of nitriles is 1.